The molecule has 0 aliphatic carbocycles. The fourth-order valence-corrected chi connectivity index (χ4v) is 0.972. The topological polar surface area (TPSA) is 35.0 Å². The maximum Gasteiger partial charge on any atom is 0.0263 e. The molecule has 0 amide bonds. The van der Waals surface area contributed by atoms with Gasteiger partial charge in [0.05, 0.1) is 0 Å². The third-order valence-electron chi connectivity index (χ3n) is 1.23. The van der Waals surface area contributed by atoms with Crippen LogP contribution in [0.4, 0.5) is 0 Å². The Morgan fingerprint density at radius 3 is 2.20 bits per heavy atom. The van der Waals surface area contributed by atoms with Crippen LogP contribution in [0.25, 0.3) is 0 Å². The number of rotatable bonds is 2. The molecule has 1 aromatic rings. The van der Waals surface area contributed by atoms with Crippen molar-refractivity contribution in [3.05, 3.63) is 35.9 Å². The maximum atomic E-state index is 5.54. The molecule has 0 atom stereocenters. The summed E-state index contributed by atoms with van der Waals surface area (Å²) in [5.74, 6) is 0.712. The fourth-order valence-electron chi connectivity index (χ4n) is 0.754. The molecule has 1 rings (SSSR count). The zero-order chi connectivity index (χ0) is 6.53. The van der Waals surface area contributed by atoms with Gasteiger partial charge in [-0.2, -0.15) is 0 Å². The van der Waals surface area contributed by atoms with Crippen LogP contribution in [0.2, 0.25) is 0 Å². The molecule has 3 N–H and O–H groups in total. The average molecular weight is 158 g/mol. The second-order valence-corrected chi connectivity index (χ2v) is 2.30. The average Bonchev–Trinajstić information content (AvgIpc) is 1.91. The fraction of sp³-hybridized carbons (Fsp3) is 0.250. The van der Waals surface area contributed by atoms with Gasteiger partial charge < -0.3 is 6.15 Å². The van der Waals surface area contributed by atoms with Crippen molar-refractivity contribution in [2.75, 3.05) is 5.88 Å². The van der Waals surface area contributed by atoms with Gasteiger partial charge in [-0.05, 0) is 12.0 Å². The quantitative estimate of drug-likeness (QED) is 0.659. The Hall–Kier alpha value is -0.530. The molecule has 0 saturated carbocycles. The van der Waals surface area contributed by atoms with Crippen molar-refractivity contribution < 1.29 is 0 Å². The molecule has 0 bridgehead atoms. The molecular weight excluding hydrogens is 146 g/mol. The van der Waals surface area contributed by atoms with Gasteiger partial charge in [0.1, 0.15) is 0 Å². The summed E-state index contributed by atoms with van der Waals surface area (Å²) in [4.78, 5) is 0. The van der Waals surface area contributed by atoms with Crippen molar-refractivity contribution in [1.82, 2.24) is 6.15 Å². The van der Waals surface area contributed by atoms with E-state index in [9.17, 15) is 0 Å². The standard InChI is InChI=1S/C8H9Cl.H3N/c9-7-6-8-4-2-1-3-5-8;/h1-5H,6-7H2;1H3. The molecule has 0 fully saturated rings. The minimum atomic E-state index is 0. The number of halogens is 1. The maximum absolute atomic E-state index is 5.54. The van der Waals surface area contributed by atoms with Gasteiger partial charge in [0.25, 0.3) is 0 Å². The van der Waals surface area contributed by atoms with E-state index in [1.807, 2.05) is 18.2 Å². The van der Waals surface area contributed by atoms with Crippen LogP contribution in [-0.2, 0) is 6.42 Å². The predicted octanol–water partition coefficient (Wildman–Crippen LogP) is 2.63. The van der Waals surface area contributed by atoms with Crippen LogP contribution in [0.15, 0.2) is 30.3 Å². The SMILES string of the molecule is ClCCc1ccccc1.N. The van der Waals surface area contributed by atoms with Gasteiger partial charge in [-0.25, -0.2) is 0 Å². The molecule has 0 radical (unpaired) electrons. The van der Waals surface area contributed by atoms with E-state index in [-0.39, 0.29) is 6.15 Å². The van der Waals surface area contributed by atoms with E-state index >= 15 is 0 Å². The Balaban J connectivity index is 0.000000810. The third-order valence-corrected chi connectivity index (χ3v) is 1.41. The smallest absolute Gasteiger partial charge is 0.0263 e. The van der Waals surface area contributed by atoms with E-state index in [1.165, 1.54) is 5.56 Å². The predicted molar refractivity (Wildman–Crippen MR) is 45.9 cm³/mol. The highest BCUT2D eigenvalue weighted by Gasteiger charge is 1.85. The number of alkyl halides is 1. The summed E-state index contributed by atoms with van der Waals surface area (Å²) in [7, 11) is 0. The van der Waals surface area contributed by atoms with Crippen molar-refractivity contribution in [1.29, 1.82) is 0 Å². The van der Waals surface area contributed by atoms with Gasteiger partial charge in [0.15, 0.2) is 0 Å². The van der Waals surface area contributed by atoms with Gasteiger partial charge in [0.2, 0.25) is 0 Å². The minimum Gasteiger partial charge on any atom is -0.344 e. The molecule has 1 aromatic carbocycles. The molecule has 2 heteroatoms. The lowest BCUT2D eigenvalue weighted by Crippen LogP contribution is -1.82. The second-order valence-electron chi connectivity index (χ2n) is 1.92. The molecular formula is C8H12ClN. The molecule has 56 valence electrons. The number of hydrogen-bond acceptors (Lipinski definition) is 1. The van der Waals surface area contributed by atoms with Gasteiger partial charge >= 0.3 is 0 Å². The lowest BCUT2D eigenvalue weighted by atomic mass is 10.2. The first kappa shape index (κ1) is 9.47. The van der Waals surface area contributed by atoms with Crippen molar-refractivity contribution in [2.45, 2.75) is 6.42 Å². The molecule has 0 heterocycles. The van der Waals surface area contributed by atoms with Crippen molar-refractivity contribution >= 4 is 11.6 Å². The van der Waals surface area contributed by atoms with Crippen LogP contribution in [0.3, 0.4) is 0 Å². The first-order valence-corrected chi connectivity index (χ1v) is 3.57. The first-order valence-electron chi connectivity index (χ1n) is 3.03. The Labute approximate surface area is 66.6 Å². The van der Waals surface area contributed by atoms with E-state index in [1.54, 1.807) is 0 Å². The van der Waals surface area contributed by atoms with Gasteiger partial charge in [-0.15, -0.1) is 11.6 Å². The summed E-state index contributed by atoms with van der Waals surface area (Å²) in [5, 5.41) is 0. The highest BCUT2D eigenvalue weighted by Crippen LogP contribution is 1.99. The summed E-state index contributed by atoms with van der Waals surface area (Å²) < 4.78 is 0. The molecule has 0 aliphatic rings. The van der Waals surface area contributed by atoms with E-state index in [4.69, 9.17) is 11.6 Å². The van der Waals surface area contributed by atoms with Crippen LogP contribution in [0.5, 0.6) is 0 Å². The van der Waals surface area contributed by atoms with Crippen LogP contribution in [-0.4, -0.2) is 5.88 Å². The summed E-state index contributed by atoms with van der Waals surface area (Å²) in [6, 6.07) is 10.2. The van der Waals surface area contributed by atoms with Crippen molar-refractivity contribution in [3.8, 4) is 0 Å². The lowest BCUT2D eigenvalue weighted by molar-refractivity contribution is 1.15. The van der Waals surface area contributed by atoms with Crippen molar-refractivity contribution in [3.63, 3.8) is 0 Å². The molecule has 0 unspecified atom stereocenters. The first-order chi connectivity index (χ1) is 4.43. The summed E-state index contributed by atoms with van der Waals surface area (Å²) in [6.07, 6.45) is 0.975. The molecule has 0 spiro atoms. The molecule has 1 nitrogen and oxygen atoms in total. The minimum absolute atomic E-state index is 0. The zero-order valence-corrected chi connectivity index (χ0v) is 6.64. The van der Waals surface area contributed by atoms with Crippen LogP contribution in [0, 0.1) is 0 Å². The number of benzene rings is 1. The van der Waals surface area contributed by atoms with Gasteiger partial charge in [-0.1, -0.05) is 30.3 Å². The summed E-state index contributed by atoms with van der Waals surface area (Å²) >= 11 is 5.54. The van der Waals surface area contributed by atoms with Crippen LogP contribution in [0.1, 0.15) is 5.56 Å². The number of aryl methyl sites for hydroxylation is 1. The Kier molecular flexibility index (Phi) is 4.99. The van der Waals surface area contributed by atoms with Crippen molar-refractivity contribution in [2.24, 2.45) is 0 Å². The van der Waals surface area contributed by atoms with Gasteiger partial charge in [0, 0.05) is 5.88 Å². The summed E-state index contributed by atoms with van der Waals surface area (Å²) in [5.41, 5.74) is 1.31. The normalized spacial score (nSPS) is 8.50. The Bertz CT molecular complexity index is 162. The Morgan fingerprint density at radius 1 is 1.10 bits per heavy atom. The van der Waals surface area contributed by atoms with E-state index in [2.05, 4.69) is 12.1 Å². The molecule has 10 heavy (non-hydrogen) atoms. The second kappa shape index (κ2) is 5.27. The van der Waals surface area contributed by atoms with Crippen LogP contribution < -0.4 is 6.15 Å². The zero-order valence-electron chi connectivity index (χ0n) is 5.89. The Morgan fingerprint density at radius 2 is 1.70 bits per heavy atom. The monoisotopic (exact) mass is 157 g/mol. The molecule has 0 aromatic heterocycles. The lowest BCUT2D eigenvalue weighted by Gasteiger charge is -1.92. The highest BCUT2D eigenvalue weighted by atomic mass is 35.5. The van der Waals surface area contributed by atoms with E-state index in [0.717, 1.165) is 6.42 Å². The largest absolute Gasteiger partial charge is 0.344 e. The van der Waals surface area contributed by atoms with Gasteiger partial charge in [-0.3, -0.25) is 0 Å². The van der Waals surface area contributed by atoms with E-state index in [0.29, 0.717) is 5.88 Å². The third kappa shape index (κ3) is 2.85. The molecule has 0 saturated heterocycles. The number of hydrogen-bond donors (Lipinski definition) is 1. The summed E-state index contributed by atoms with van der Waals surface area (Å²) in [6.45, 7) is 0. The van der Waals surface area contributed by atoms with Crippen LogP contribution >= 0.6 is 11.6 Å². The molecule has 0 aliphatic heterocycles. The highest BCUT2D eigenvalue weighted by molar-refractivity contribution is 6.17. The van der Waals surface area contributed by atoms with E-state index < -0.39 is 0 Å².